The number of carbonyl (C=O) groups is 1. The highest BCUT2D eigenvalue weighted by atomic mass is 19.1. The van der Waals surface area contributed by atoms with Crippen LogP contribution in [0.25, 0.3) is 21.9 Å². The van der Waals surface area contributed by atoms with Gasteiger partial charge < -0.3 is 9.47 Å². The lowest BCUT2D eigenvalue weighted by atomic mass is 10.1. The van der Waals surface area contributed by atoms with Crippen LogP contribution in [0.1, 0.15) is 24.8 Å². The summed E-state index contributed by atoms with van der Waals surface area (Å²) in [5.41, 5.74) is 2.14. The van der Waals surface area contributed by atoms with Crippen molar-refractivity contribution in [1.29, 1.82) is 0 Å². The minimum absolute atomic E-state index is 0.0271. The quantitative estimate of drug-likeness (QED) is 0.509. The van der Waals surface area contributed by atoms with E-state index in [4.69, 9.17) is 0 Å². The SMILES string of the molecule is O=C(Cn1c2ccc(F)cc2c2ncn(Cc3ccccc3)c(=O)c21)N1CCCCC1. The van der Waals surface area contributed by atoms with Crippen molar-refractivity contribution in [2.75, 3.05) is 13.1 Å². The molecule has 158 valence electrons. The van der Waals surface area contributed by atoms with Crippen LogP contribution in [0.15, 0.2) is 59.7 Å². The van der Waals surface area contributed by atoms with Gasteiger partial charge in [0.15, 0.2) is 0 Å². The number of likely N-dealkylation sites (tertiary alicyclic amines) is 1. The first-order chi connectivity index (χ1) is 15.1. The zero-order valence-electron chi connectivity index (χ0n) is 17.1. The van der Waals surface area contributed by atoms with Crippen molar-refractivity contribution in [1.82, 2.24) is 19.0 Å². The average molecular weight is 418 g/mol. The highest BCUT2D eigenvalue weighted by molar-refractivity contribution is 6.06. The van der Waals surface area contributed by atoms with Gasteiger partial charge in [0.2, 0.25) is 5.91 Å². The number of piperidine rings is 1. The topological polar surface area (TPSA) is 60.1 Å². The molecule has 31 heavy (non-hydrogen) atoms. The predicted molar refractivity (Wildman–Crippen MR) is 117 cm³/mol. The summed E-state index contributed by atoms with van der Waals surface area (Å²) in [5.74, 6) is -0.426. The van der Waals surface area contributed by atoms with E-state index in [-0.39, 0.29) is 18.0 Å². The number of nitrogens with zero attached hydrogens (tertiary/aromatic N) is 4. The molecule has 3 heterocycles. The largest absolute Gasteiger partial charge is 0.341 e. The highest BCUT2D eigenvalue weighted by Gasteiger charge is 2.22. The zero-order valence-corrected chi connectivity index (χ0v) is 17.1. The van der Waals surface area contributed by atoms with Crippen LogP contribution in [0.3, 0.4) is 0 Å². The van der Waals surface area contributed by atoms with E-state index in [1.807, 2.05) is 35.2 Å². The third-order valence-electron chi connectivity index (χ3n) is 5.99. The molecule has 2 aromatic carbocycles. The maximum atomic E-state index is 14.0. The fraction of sp³-hybridized carbons (Fsp3) is 0.292. The summed E-state index contributed by atoms with van der Waals surface area (Å²) < 4.78 is 17.2. The lowest BCUT2D eigenvalue weighted by molar-refractivity contribution is -0.132. The number of carbonyl (C=O) groups excluding carboxylic acids is 1. The van der Waals surface area contributed by atoms with Gasteiger partial charge in [0, 0.05) is 18.5 Å². The molecule has 0 N–H and O–H groups in total. The van der Waals surface area contributed by atoms with Gasteiger partial charge in [-0.15, -0.1) is 0 Å². The number of amides is 1. The molecule has 0 radical (unpaired) electrons. The van der Waals surface area contributed by atoms with Gasteiger partial charge in [-0.25, -0.2) is 9.37 Å². The number of benzene rings is 2. The molecule has 0 aliphatic carbocycles. The van der Waals surface area contributed by atoms with Gasteiger partial charge in [0.25, 0.3) is 5.56 Å². The Balaban J connectivity index is 1.64. The van der Waals surface area contributed by atoms with E-state index in [2.05, 4.69) is 4.98 Å². The van der Waals surface area contributed by atoms with E-state index in [1.54, 1.807) is 10.6 Å². The van der Waals surface area contributed by atoms with Gasteiger partial charge in [0.1, 0.15) is 23.4 Å². The second-order valence-corrected chi connectivity index (χ2v) is 8.05. The van der Waals surface area contributed by atoms with Crippen molar-refractivity contribution in [3.8, 4) is 0 Å². The molecule has 1 aliphatic rings. The minimum Gasteiger partial charge on any atom is -0.341 e. The zero-order chi connectivity index (χ0) is 21.4. The Hall–Kier alpha value is -3.48. The summed E-state index contributed by atoms with van der Waals surface area (Å²) in [5, 5.41) is 0.547. The number of aromatic nitrogens is 3. The Morgan fingerprint density at radius 1 is 1.03 bits per heavy atom. The molecule has 0 bridgehead atoms. The molecule has 1 aliphatic heterocycles. The molecule has 0 atom stereocenters. The lowest BCUT2D eigenvalue weighted by Crippen LogP contribution is -2.38. The van der Waals surface area contributed by atoms with Crippen molar-refractivity contribution in [2.24, 2.45) is 0 Å². The Kier molecular flexibility index (Phi) is 5.02. The number of halogens is 1. The Labute approximate surface area is 178 Å². The number of hydrogen-bond donors (Lipinski definition) is 0. The van der Waals surface area contributed by atoms with E-state index in [9.17, 15) is 14.0 Å². The first kappa shape index (κ1) is 19.5. The maximum Gasteiger partial charge on any atom is 0.278 e. The van der Waals surface area contributed by atoms with Crippen LogP contribution in [-0.4, -0.2) is 38.0 Å². The molecule has 7 heteroatoms. The Morgan fingerprint density at radius 3 is 2.58 bits per heavy atom. The number of rotatable bonds is 4. The molecule has 2 aromatic heterocycles. The van der Waals surface area contributed by atoms with E-state index in [1.165, 1.54) is 23.0 Å². The molecule has 5 rings (SSSR count). The van der Waals surface area contributed by atoms with Crippen molar-refractivity contribution in [2.45, 2.75) is 32.4 Å². The molecule has 1 amide bonds. The molecule has 0 saturated carbocycles. The summed E-state index contributed by atoms with van der Waals surface area (Å²) in [7, 11) is 0. The van der Waals surface area contributed by atoms with E-state index >= 15 is 0 Å². The van der Waals surface area contributed by atoms with Gasteiger partial charge in [0.05, 0.1) is 18.4 Å². The third kappa shape index (κ3) is 3.60. The first-order valence-corrected chi connectivity index (χ1v) is 10.6. The summed E-state index contributed by atoms with van der Waals surface area (Å²) in [4.78, 5) is 32.8. The Bertz CT molecular complexity index is 1320. The molecular formula is C24H23FN4O2. The van der Waals surface area contributed by atoms with Gasteiger partial charge in [-0.05, 0) is 43.0 Å². The average Bonchev–Trinajstić information content (AvgIpc) is 3.10. The molecule has 6 nitrogen and oxygen atoms in total. The van der Waals surface area contributed by atoms with Crippen LogP contribution < -0.4 is 5.56 Å². The van der Waals surface area contributed by atoms with Crippen LogP contribution in [0, 0.1) is 5.82 Å². The minimum atomic E-state index is -0.399. The van der Waals surface area contributed by atoms with Crippen molar-refractivity contribution in [3.05, 3.63) is 76.6 Å². The molecule has 0 spiro atoms. The summed E-state index contributed by atoms with van der Waals surface area (Å²) >= 11 is 0. The normalized spacial score (nSPS) is 14.4. The summed E-state index contributed by atoms with van der Waals surface area (Å²) in [6, 6.07) is 14.0. The van der Waals surface area contributed by atoms with Crippen molar-refractivity contribution < 1.29 is 9.18 Å². The monoisotopic (exact) mass is 418 g/mol. The van der Waals surface area contributed by atoms with Gasteiger partial charge >= 0.3 is 0 Å². The molecule has 1 fully saturated rings. The van der Waals surface area contributed by atoms with E-state index in [0.717, 1.165) is 37.9 Å². The molecular weight excluding hydrogens is 395 g/mol. The van der Waals surface area contributed by atoms with E-state index in [0.29, 0.717) is 28.5 Å². The number of hydrogen-bond acceptors (Lipinski definition) is 3. The number of fused-ring (bicyclic) bond motifs is 3. The van der Waals surface area contributed by atoms with Gasteiger partial charge in [-0.2, -0.15) is 0 Å². The fourth-order valence-corrected chi connectivity index (χ4v) is 4.41. The fourth-order valence-electron chi connectivity index (χ4n) is 4.41. The van der Waals surface area contributed by atoms with Gasteiger partial charge in [-0.1, -0.05) is 30.3 Å². The Morgan fingerprint density at radius 2 is 1.81 bits per heavy atom. The van der Waals surface area contributed by atoms with Crippen LogP contribution in [0.2, 0.25) is 0 Å². The molecule has 1 saturated heterocycles. The molecule has 4 aromatic rings. The van der Waals surface area contributed by atoms with Crippen LogP contribution >= 0.6 is 0 Å². The van der Waals surface area contributed by atoms with Crippen LogP contribution in [0.4, 0.5) is 4.39 Å². The van der Waals surface area contributed by atoms with E-state index < -0.39 is 5.82 Å². The smallest absolute Gasteiger partial charge is 0.278 e. The van der Waals surface area contributed by atoms with Crippen LogP contribution in [0.5, 0.6) is 0 Å². The standard InChI is InChI=1S/C24H23FN4O2/c25-18-9-10-20-19(13-18)22-23(29(20)15-21(30)27-11-5-2-6-12-27)24(31)28(16-26-22)14-17-7-3-1-4-8-17/h1,3-4,7-10,13,16H,2,5-6,11-12,14-15H2. The lowest BCUT2D eigenvalue weighted by Gasteiger charge is -2.27. The third-order valence-corrected chi connectivity index (χ3v) is 5.99. The summed E-state index contributed by atoms with van der Waals surface area (Å²) in [6.07, 6.45) is 4.62. The predicted octanol–water partition coefficient (Wildman–Crippen LogP) is 3.55. The maximum absolute atomic E-state index is 14.0. The first-order valence-electron chi connectivity index (χ1n) is 10.6. The van der Waals surface area contributed by atoms with Crippen LogP contribution in [-0.2, 0) is 17.9 Å². The molecule has 0 unspecified atom stereocenters. The second kappa shape index (κ2) is 7.98. The van der Waals surface area contributed by atoms with Crippen molar-refractivity contribution in [3.63, 3.8) is 0 Å². The summed E-state index contributed by atoms with van der Waals surface area (Å²) in [6.45, 7) is 1.89. The van der Waals surface area contributed by atoms with Gasteiger partial charge in [-0.3, -0.25) is 14.2 Å². The second-order valence-electron chi connectivity index (χ2n) is 8.05. The highest BCUT2D eigenvalue weighted by Crippen LogP contribution is 2.26. The van der Waals surface area contributed by atoms with Crippen molar-refractivity contribution >= 4 is 27.8 Å².